The van der Waals surface area contributed by atoms with E-state index in [9.17, 15) is 4.39 Å². The van der Waals surface area contributed by atoms with Gasteiger partial charge in [0.25, 0.3) is 0 Å². The van der Waals surface area contributed by atoms with Crippen molar-refractivity contribution in [2.24, 2.45) is 0 Å². The molecule has 16 heavy (non-hydrogen) atoms. The van der Waals surface area contributed by atoms with Gasteiger partial charge in [-0.25, -0.2) is 0 Å². The summed E-state index contributed by atoms with van der Waals surface area (Å²) in [5.74, 6) is 0.826. The Hall–Kier alpha value is -1.09. The van der Waals surface area contributed by atoms with Crippen molar-refractivity contribution >= 4 is 0 Å². The number of halogens is 1. The Kier molecular flexibility index (Phi) is 3.44. The predicted octanol–water partition coefficient (Wildman–Crippen LogP) is 2.29. The molecule has 1 aliphatic heterocycles. The monoisotopic (exact) mass is 223 g/mol. The number of nitrogens with one attached hydrogen (secondary N) is 1. The molecule has 3 heteroatoms. The lowest BCUT2D eigenvalue weighted by atomic mass is 9.74. The molecule has 2 rings (SSSR count). The average Bonchev–Trinajstić information content (AvgIpc) is 2.39. The van der Waals surface area contributed by atoms with Crippen LogP contribution in [0.1, 0.15) is 18.4 Å². The molecule has 1 heterocycles. The van der Waals surface area contributed by atoms with Crippen molar-refractivity contribution in [3.63, 3.8) is 0 Å². The number of alkyl halides is 1. The molecule has 1 N–H and O–H groups in total. The maximum atomic E-state index is 13.3. The lowest BCUT2D eigenvalue weighted by molar-refractivity contribution is 0.237. The summed E-state index contributed by atoms with van der Waals surface area (Å²) < 4.78 is 18.5. The van der Waals surface area contributed by atoms with E-state index < -0.39 is 0 Å². The second-order valence-corrected chi connectivity index (χ2v) is 4.39. The molecule has 1 aromatic rings. The summed E-state index contributed by atoms with van der Waals surface area (Å²) in [6, 6.07) is 7.80. The fraction of sp³-hybridized carbons (Fsp3) is 0.538. The van der Waals surface area contributed by atoms with Crippen LogP contribution in [0.3, 0.4) is 0 Å². The fourth-order valence-electron chi connectivity index (χ4n) is 2.35. The largest absolute Gasteiger partial charge is 0.497 e. The normalized spacial score (nSPS) is 19.4. The second-order valence-electron chi connectivity index (χ2n) is 4.39. The highest BCUT2D eigenvalue weighted by Gasteiger charge is 2.33. The van der Waals surface area contributed by atoms with Crippen molar-refractivity contribution in [3.05, 3.63) is 29.8 Å². The first-order valence-electron chi connectivity index (χ1n) is 5.72. The Morgan fingerprint density at radius 1 is 1.25 bits per heavy atom. The van der Waals surface area contributed by atoms with Crippen molar-refractivity contribution in [2.75, 3.05) is 26.9 Å². The van der Waals surface area contributed by atoms with E-state index in [2.05, 4.69) is 5.32 Å². The molecule has 88 valence electrons. The number of ether oxygens (including phenoxy) is 1. The number of hydrogen-bond acceptors (Lipinski definition) is 2. The summed E-state index contributed by atoms with van der Waals surface area (Å²) in [6.45, 7) is 1.52. The van der Waals surface area contributed by atoms with E-state index in [-0.39, 0.29) is 12.1 Å². The zero-order chi connectivity index (χ0) is 11.4. The van der Waals surface area contributed by atoms with Gasteiger partial charge in [-0.1, -0.05) is 12.1 Å². The molecule has 0 spiro atoms. The van der Waals surface area contributed by atoms with Crippen LogP contribution in [0.25, 0.3) is 0 Å². The molecule has 1 fully saturated rings. The smallest absolute Gasteiger partial charge is 0.118 e. The van der Waals surface area contributed by atoms with Crippen molar-refractivity contribution in [3.8, 4) is 5.75 Å². The van der Waals surface area contributed by atoms with Gasteiger partial charge in [-0.05, 0) is 43.6 Å². The van der Waals surface area contributed by atoms with E-state index in [1.165, 1.54) is 0 Å². The van der Waals surface area contributed by atoms with Crippen molar-refractivity contribution in [1.82, 2.24) is 5.32 Å². The number of rotatable bonds is 3. The minimum atomic E-state index is -0.280. The van der Waals surface area contributed by atoms with Gasteiger partial charge < -0.3 is 10.1 Å². The molecule has 0 atom stereocenters. The number of methoxy groups -OCH3 is 1. The van der Waals surface area contributed by atoms with Crippen LogP contribution in [0.15, 0.2) is 24.3 Å². The highest BCUT2D eigenvalue weighted by atomic mass is 19.1. The number of benzene rings is 1. The Bertz CT molecular complexity index is 330. The van der Waals surface area contributed by atoms with Crippen LogP contribution in [-0.2, 0) is 5.41 Å². The third kappa shape index (κ3) is 2.05. The van der Waals surface area contributed by atoms with Gasteiger partial charge in [-0.15, -0.1) is 0 Å². The van der Waals surface area contributed by atoms with Crippen molar-refractivity contribution < 1.29 is 9.13 Å². The summed E-state index contributed by atoms with van der Waals surface area (Å²) in [7, 11) is 1.64. The predicted molar refractivity (Wildman–Crippen MR) is 62.8 cm³/mol. The Labute approximate surface area is 95.8 Å². The second kappa shape index (κ2) is 4.83. The summed E-state index contributed by atoms with van der Waals surface area (Å²) in [6.07, 6.45) is 1.74. The fourth-order valence-corrected chi connectivity index (χ4v) is 2.35. The third-order valence-electron chi connectivity index (χ3n) is 3.52. The van der Waals surface area contributed by atoms with Crippen molar-refractivity contribution in [1.29, 1.82) is 0 Å². The van der Waals surface area contributed by atoms with Gasteiger partial charge in [0.1, 0.15) is 5.75 Å². The van der Waals surface area contributed by atoms with E-state index in [0.29, 0.717) is 0 Å². The van der Waals surface area contributed by atoms with Crippen LogP contribution >= 0.6 is 0 Å². The topological polar surface area (TPSA) is 21.3 Å². The van der Waals surface area contributed by atoms with Crippen LogP contribution in [0.2, 0.25) is 0 Å². The SMILES string of the molecule is COc1ccc(C2(CF)CCNCC2)cc1. The van der Waals surface area contributed by atoms with Gasteiger partial charge in [0.2, 0.25) is 0 Å². The maximum absolute atomic E-state index is 13.3. The summed E-state index contributed by atoms with van der Waals surface area (Å²) in [5, 5.41) is 3.27. The maximum Gasteiger partial charge on any atom is 0.118 e. The Morgan fingerprint density at radius 3 is 2.38 bits per heavy atom. The van der Waals surface area contributed by atoms with E-state index in [1.807, 2.05) is 24.3 Å². The lowest BCUT2D eigenvalue weighted by Gasteiger charge is -2.35. The molecule has 1 aromatic carbocycles. The van der Waals surface area contributed by atoms with Gasteiger partial charge in [0.15, 0.2) is 0 Å². The van der Waals surface area contributed by atoms with Crippen LogP contribution in [-0.4, -0.2) is 26.9 Å². The zero-order valence-corrected chi connectivity index (χ0v) is 9.63. The van der Waals surface area contributed by atoms with Crippen LogP contribution in [0.5, 0.6) is 5.75 Å². The molecule has 0 unspecified atom stereocenters. The van der Waals surface area contributed by atoms with E-state index in [1.54, 1.807) is 7.11 Å². The van der Waals surface area contributed by atoms with Crippen LogP contribution in [0, 0.1) is 0 Å². The van der Waals surface area contributed by atoms with Gasteiger partial charge in [0.05, 0.1) is 13.8 Å². The zero-order valence-electron chi connectivity index (χ0n) is 9.63. The number of piperidine rings is 1. The first-order valence-corrected chi connectivity index (χ1v) is 5.72. The molecule has 0 bridgehead atoms. The summed E-state index contributed by atoms with van der Waals surface area (Å²) in [5.41, 5.74) is 0.814. The molecule has 1 aliphatic rings. The molecular weight excluding hydrogens is 205 g/mol. The lowest BCUT2D eigenvalue weighted by Crippen LogP contribution is -2.41. The molecule has 0 aromatic heterocycles. The molecule has 1 saturated heterocycles. The third-order valence-corrected chi connectivity index (χ3v) is 3.52. The first kappa shape index (κ1) is 11.4. The summed E-state index contributed by atoms with van der Waals surface area (Å²) >= 11 is 0. The molecule has 2 nitrogen and oxygen atoms in total. The first-order chi connectivity index (χ1) is 7.80. The van der Waals surface area contributed by atoms with Crippen LogP contribution < -0.4 is 10.1 Å². The molecule has 0 saturated carbocycles. The van der Waals surface area contributed by atoms with Crippen molar-refractivity contribution in [2.45, 2.75) is 18.3 Å². The molecular formula is C13H18FNO. The summed E-state index contributed by atoms with van der Waals surface area (Å²) in [4.78, 5) is 0. The Morgan fingerprint density at radius 2 is 1.88 bits per heavy atom. The minimum Gasteiger partial charge on any atom is -0.497 e. The average molecular weight is 223 g/mol. The molecule has 0 aliphatic carbocycles. The standard InChI is InChI=1S/C13H18FNO/c1-16-12-4-2-11(3-5-12)13(10-14)6-8-15-9-7-13/h2-5,15H,6-10H2,1H3. The molecule has 0 radical (unpaired) electrons. The van der Waals surface area contributed by atoms with Gasteiger partial charge in [0, 0.05) is 5.41 Å². The van der Waals surface area contributed by atoms with E-state index in [4.69, 9.17) is 4.74 Å². The Balaban J connectivity index is 2.24. The van der Waals surface area contributed by atoms with Gasteiger partial charge >= 0.3 is 0 Å². The van der Waals surface area contributed by atoms with Gasteiger partial charge in [-0.2, -0.15) is 0 Å². The highest BCUT2D eigenvalue weighted by Crippen LogP contribution is 2.34. The molecule has 0 amide bonds. The van der Waals surface area contributed by atoms with Gasteiger partial charge in [-0.3, -0.25) is 4.39 Å². The number of hydrogen-bond donors (Lipinski definition) is 1. The van der Waals surface area contributed by atoms with Crippen LogP contribution in [0.4, 0.5) is 4.39 Å². The highest BCUT2D eigenvalue weighted by molar-refractivity contribution is 5.33. The van der Waals surface area contributed by atoms with E-state index >= 15 is 0 Å². The quantitative estimate of drug-likeness (QED) is 0.849. The van der Waals surface area contributed by atoms with E-state index in [0.717, 1.165) is 37.2 Å². The minimum absolute atomic E-state index is 0.277.